The summed E-state index contributed by atoms with van der Waals surface area (Å²) in [5.41, 5.74) is 1.24. The zero-order valence-electron chi connectivity index (χ0n) is 7.55. The van der Waals surface area contributed by atoms with Gasteiger partial charge in [-0.15, -0.1) is 12.4 Å². The van der Waals surface area contributed by atoms with Crippen molar-refractivity contribution in [3.63, 3.8) is 0 Å². The van der Waals surface area contributed by atoms with Gasteiger partial charge in [-0.3, -0.25) is 0 Å². The Balaban J connectivity index is 0.000000750. The Labute approximate surface area is 97.6 Å². The molecule has 0 unspecified atom stereocenters. The first-order valence-corrected chi connectivity index (χ1v) is 5.29. The lowest BCUT2D eigenvalue weighted by molar-refractivity contribution is 0.184. The van der Waals surface area contributed by atoms with Crippen LogP contribution in [-0.2, 0) is 0 Å². The van der Waals surface area contributed by atoms with Crippen LogP contribution in [-0.4, -0.2) is 12.1 Å². The van der Waals surface area contributed by atoms with Gasteiger partial charge in [-0.25, -0.2) is 0 Å². The molecule has 0 bridgehead atoms. The Morgan fingerprint density at radius 1 is 1.36 bits per heavy atom. The van der Waals surface area contributed by atoms with Crippen molar-refractivity contribution in [2.45, 2.75) is 18.4 Å². The van der Waals surface area contributed by atoms with Gasteiger partial charge < -0.3 is 10.1 Å². The molecule has 1 aromatic rings. The topological polar surface area (TPSA) is 21.3 Å². The average Bonchev–Trinajstić information content (AvgIpc) is 2.84. The number of nitrogens with one attached hydrogen (secondary N) is 1. The Kier molecular flexibility index (Phi) is 2.40. The predicted molar refractivity (Wildman–Crippen MR) is 62.5 cm³/mol. The van der Waals surface area contributed by atoms with Crippen LogP contribution < -0.4 is 10.1 Å². The summed E-state index contributed by atoms with van der Waals surface area (Å²) in [6.45, 7) is 0.960. The highest BCUT2D eigenvalue weighted by Crippen LogP contribution is 2.46. The molecule has 0 saturated heterocycles. The van der Waals surface area contributed by atoms with Crippen molar-refractivity contribution in [2.24, 2.45) is 0 Å². The molecule has 1 spiro atoms. The largest absolute Gasteiger partial charge is 0.483 e. The van der Waals surface area contributed by atoms with E-state index in [1.807, 2.05) is 12.1 Å². The first-order valence-electron chi connectivity index (χ1n) is 4.50. The molecule has 1 aromatic carbocycles. The highest BCUT2D eigenvalue weighted by atomic mass is 79.9. The highest BCUT2D eigenvalue weighted by Gasteiger charge is 2.47. The fourth-order valence-corrected chi connectivity index (χ4v) is 2.01. The van der Waals surface area contributed by atoms with Crippen molar-refractivity contribution in [3.05, 3.63) is 22.7 Å². The summed E-state index contributed by atoms with van der Waals surface area (Å²) in [6, 6.07) is 6.11. The number of benzene rings is 1. The molecule has 0 aromatic heterocycles. The molecule has 1 fully saturated rings. The number of fused-ring (bicyclic) bond motifs is 1. The van der Waals surface area contributed by atoms with E-state index < -0.39 is 0 Å². The predicted octanol–water partition coefficient (Wildman–Crippen LogP) is 3.21. The van der Waals surface area contributed by atoms with Gasteiger partial charge in [0.2, 0.25) is 0 Å². The molecule has 1 N–H and O–H groups in total. The van der Waals surface area contributed by atoms with Gasteiger partial charge in [0, 0.05) is 4.47 Å². The standard InChI is InChI=1S/C10H10BrNO.ClH/c11-7-1-2-8-9(5-7)13-10(3-4-10)6-12-8;/h1-2,5,12H,3-4,6H2;1H. The van der Waals surface area contributed by atoms with E-state index in [4.69, 9.17) is 4.74 Å². The molecule has 2 nitrogen and oxygen atoms in total. The second-order valence-electron chi connectivity index (χ2n) is 3.78. The zero-order chi connectivity index (χ0) is 8.89. The van der Waals surface area contributed by atoms with Crippen molar-refractivity contribution in [3.8, 4) is 5.75 Å². The van der Waals surface area contributed by atoms with Crippen molar-refractivity contribution in [1.29, 1.82) is 0 Å². The highest BCUT2D eigenvalue weighted by molar-refractivity contribution is 9.10. The lowest BCUT2D eigenvalue weighted by Crippen LogP contribution is -2.32. The second-order valence-corrected chi connectivity index (χ2v) is 4.69. The lowest BCUT2D eigenvalue weighted by atomic mass is 10.2. The molecule has 76 valence electrons. The fraction of sp³-hybridized carbons (Fsp3) is 0.400. The van der Waals surface area contributed by atoms with E-state index in [1.165, 1.54) is 12.8 Å². The number of ether oxygens (including phenoxy) is 1. The third kappa shape index (κ3) is 1.59. The molecule has 4 heteroatoms. The van der Waals surface area contributed by atoms with Crippen molar-refractivity contribution < 1.29 is 4.74 Å². The summed E-state index contributed by atoms with van der Waals surface area (Å²) in [4.78, 5) is 0. The molecule has 1 heterocycles. The molecule has 0 amide bonds. The fourth-order valence-electron chi connectivity index (χ4n) is 1.67. The van der Waals surface area contributed by atoms with E-state index in [1.54, 1.807) is 0 Å². The number of anilines is 1. The maximum atomic E-state index is 5.92. The van der Waals surface area contributed by atoms with Crippen LogP contribution in [0.15, 0.2) is 22.7 Å². The number of hydrogen-bond acceptors (Lipinski definition) is 2. The van der Waals surface area contributed by atoms with Gasteiger partial charge in [0.05, 0.1) is 12.2 Å². The van der Waals surface area contributed by atoms with Crippen LogP contribution in [0.4, 0.5) is 5.69 Å². The van der Waals surface area contributed by atoms with Gasteiger partial charge in [0.1, 0.15) is 11.4 Å². The van der Waals surface area contributed by atoms with Crippen LogP contribution in [0.3, 0.4) is 0 Å². The molecule has 1 aliphatic heterocycles. The number of hydrogen-bond donors (Lipinski definition) is 1. The summed E-state index contributed by atoms with van der Waals surface area (Å²) in [5.74, 6) is 0.984. The van der Waals surface area contributed by atoms with E-state index in [2.05, 4.69) is 27.3 Å². The minimum Gasteiger partial charge on any atom is -0.483 e. The van der Waals surface area contributed by atoms with Crippen LogP contribution in [0, 0.1) is 0 Å². The first kappa shape index (κ1) is 10.1. The Hall–Kier alpha value is -0.410. The van der Waals surface area contributed by atoms with Gasteiger partial charge in [-0.2, -0.15) is 0 Å². The normalized spacial score (nSPS) is 20.1. The van der Waals surface area contributed by atoms with Crippen molar-refractivity contribution in [1.82, 2.24) is 0 Å². The molecule has 0 radical (unpaired) electrons. The minimum atomic E-state index is 0. The van der Waals surface area contributed by atoms with Crippen LogP contribution in [0.5, 0.6) is 5.75 Å². The monoisotopic (exact) mass is 275 g/mol. The van der Waals surface area contributed by atoms with Gasteiger partial charge in [0.25, 0.3) is 0 Å². The van der Waals surface area contributed by atoms with E-state index in [0.717, 1.165) is 22.5 Å². The molecule has 3 rings (SSSR count). The smallest absolute Gasteiger partial charge is 0.144 e. The van der Waals surface area contributed by atoms with Crippen LogP contribution in [0.2, 0.25) is 0 Å². The van der Waals surface area contributed by atoms with E-state index in [9.17, 15) is 0 Å². The first-order chi connectivity index (χ1) is 6.27. The molecule has 2 aliphatic rings. The summed E-state index contributed by atoms with van der Waals surface area (Å²) in [7, 11) is 0. The zero-order valence-corrected chi connectivity index (χ0v) is 9.95. The molecule has 1 aliphatic carbocycles. The Bertz CT molecular complexity index is 365. The Morgan fingerprint density at radius 2 is 2.14 bits per heavy atom. The molecular weight excluding hydrogens is 265 g/mol. The average molecular weight is 277 g/mol. The second kappa shape index (κ2) is 3.31. The van der Waals surface area contributed by atoms with Gasteiger partial charge in [0.15, 0.2) is 0 Å². The van der Waals surface area contributed by atoms with Gasteiger partial charge in [-0.1, -0.05) is 15.9 Å². The van der Waals surface area contributed by atoms with Crippen LogP contribution in [0.25, 0.3) is 0 Å². The third-order valence-corrected chi connectivity index (χ3v) is 3.17. The third-order valence-electron chi connectivity index (χ3n) is 2.68. The van der Waals surface area contributed by atoms with Crippen LogP contribution in [0.1, 0.15) is 12.8 Å². The molecule has 0 atom stereocenters. The molecular formula is C10H11BrClNO. The number of rotatable bonds is 0. The van der Waals surface area contributed by atoms with E-state index in [0.29, 0.717) is 0 Å². The van der Waals surface area contributed by atoms with Crippen molar-refractivity contribution >= 4 is 34.0 Å². The van der Waals surface area contributed by atoms with Gasteiger partial charge in [-0.05, 0) is 31.0 Å². The maximum absolute atomic E-state index is 5.92. The number of halogens is 2. The summed E-state index contributed by atoms with van der Waals surface area (Å²) in [6.07, 6.45) is 2.37. The van der Waals surface area contributed by atoms with Crippen molar-refractivity contribution in [2.75, 3.05) is 11.9 Å². The quantitative estimate of drug-likeness (QED) is 0.786. The summed E-state index contributed by atoms with van der Waals surface area (Å²) in [5, 5.41) is 3.40. The van der Waals surface area contributed by atoms with Crippen LogP contribution >= 0.6 is 28.3 Å². The van der Waals surface area contributed by atoms with E-state index >= 15 is 0 Å². The minimum absolute atomic E-state index is 0. The van der Waals surface area contributed by atoms with E-state index in [-0.39, 0.29) is 18.0 Å². The summed E-state index contributed by atoms with van der Waals surface area (Å²) >= 11 is 3.44. The molecule has 1 saturated carbocycles. The maximum Gasteiger partial charge on any atom is 0.144 e. The van der Waals surface area contributed by atoms with Gasteiger partial charge >= 0.3 is 0 Å². The molecule has 14 heavy (non-hydrogen) atoms. The Morgan fingerprint density at radius 3 is 2.86 bits per heavy atom. The summed E-state index contributed by atoms with van der Waals surface area (Å²) < 4.78 is 6.99. The lowest BCUT2D eigenvalue weighted by Gasteiger charge is -2.27. The SMILES string of the molecule is Brc1ccc2c(c1)OC1(CC1)CN2.Cl.